The summed E-state index contributed by atoms with van der Waals surface area (Å²) in [7, 11) is 0. The molecule has 1 amide bonds. The summed E-state index contributed by atoms with van der Waals surface area (Å²) < 4.78 is 5.11. The van der Waals surface area contributed by atoms with Crippen LogP contribution in [0.25, 0.3) is 6.08 Å². The van der Waals surface area contributed by atoms with Gasteiger partial charge in [0.25, 0.3) is 0 Å². The lowest BCUT2D eigenvalue weighted by Crippen LogP contribution is -2.23. The minimum absolute atomic E-state index is 0.139. The summed E-state index contributed by atoms with van der Waals surface area (Å²) in [5, 5.41) is 16.1. The topological polar surface area (TPSA) is 62.5 Å². The van der Waals surface area contributed by atoms with Gasteiger partial charge in [-0.3, -0.25) is 4.79 Å². The number of carbonyl (C=O) groups excluding carboxylic acids is 1. The van der Waals surface area contributed by atoms with Crippen LogP contribution < -0.4 is 5.32 Å². The molecule has 0 aliphatic carbocycles. The molecule has 2 N–H and O–H groups in total. The number of aliphatic hydroxyl groups excluding tert-OH is 1. The predicted octanol–water partition coefficient (Wildman–Crippen LogP) is 3.03. The normalized spacial score (nSPS) is 12.6. The third-order valence-corrected chi connectivity index (χ3v) is 3.93. The molecule has 2 aromatic rings. The van der Waals surface area contributed by atoms with Gasteiger partial charge in [0, 0.05) is 19.2 Å². The number of thiophene rings is 1. The van der Waals surface area contributed by atoms with Crippen LogP contribution in [-0.4, -0.2) is 24.2 Å². The SMILES string of the molecule is O=C(/C=C/c1ccco1)NCC[C@@H](CCO)c1ccsc1. The van der Waals surface area contributed by atoms with E-state index in [0.29, 0.717) is 12.3 Å². The highest BCUT2D eigenvalue weighted by molar-refractivity contribution is 7.07. The lowest BCUT2D eigenvalue weighted by molar-refractivity contribution is -0.116. The number of hydrogen-bond acceptors (Lipinski definition) is 4. The van der Waals surface area contributed by atoms with Gasteiger partial charge in [-0.15, -0.1) is 0 Å². The largest absolute Gasteiger partial charge is 0.465 e. The van der Waals surface area contributed by atoms with Crippen LogP contribution >= 0.6 is 11.3 Å². The van der Waals surface area contributed by atoms with E-state index in [4.69, 9.17) is 9.52 Å². The summed E-state index contributed by atoms with van der Waals surface area (Å²) in [5.41, 5.74) is 1.23. The third kappa shape index (κ3) is 5.21. The van der Waals surface area contributed by atoms with E-state index in [1.165, 1.54) is 11.6 Å². The number of amides is 1. The van der Waals surface area contributed by atoms with Gasteiger partial charge in [0.1, 0.15) is 5.76 Å². The van der Waals surface area contributed by atoms with Gasteiger partial charge in [0.15, 0.2) is 0 Å². The predicted molar refractivity (Wildman–Crippen MR) is 84.1 cm³/mol. The lowest BCUT2D eigenvalue weighted by Gasteiger charge is -2.14. The fourth-order valence-corrected chi connectivity index (χ4v) is 2.86. The maximum absolute atomic E-state index is 11.7. The highest BCUT2D eigenvalue weighted by atomic mass is 32.1. The van der Waals surface area contributed by atoms with E-state index in [0.717, 1.165) is 12.8 Å². The van der Waals surface area contributed by atoms with Crippen molar-refractivity contribution in [3.63, 3.8) is 0 Å². The minimum Gasteiger partial charge on any atom is -0.465 e. The van der Waals surface area contributed by atoms with Crippen LogP contribution in [0.5, 0.6) is 0 Å². The highest BCUT2D eigenvalue weighted by Gasteiger charge is 2.11. The molecule has 1 atom stereocenters. The molecule has 0 bridgehead atoms. The first-order valence-electron chi connectivity index (χ1n) is 6.92. The molecule has 2 aromatic heterocycles. The van der Waals surface area contributed by atoms with E-state index in [1.54, 1.807) is 35.8 Å². The Kier molecular flexibility index (Phi) is 6.24. The van der Waals surface area contributed by atoms with E-state index >= 15 is 0 Å². The van der Waals surface area contributed by atoms with Crippen molar-refractivity contribution in [2.24, 2.45) is 0 Å². The smallest absolute Gasteiger partial charge is 0.244 e. The van der Waals surface area contributed by atoms with Crippen LogP contribution in [-0.2, 0) is 4.79 Å². The van der Waals surface area contributed by atoms with Gasteiger partial charge in [-0.25, -0.2) is 0 Å². The van der Waals surface area contributed by atoms with Crippen LogP contribution in [0, 0.1) is 0 Å². The summed E-state index contributed by atoms with van der Waals surface area (Å²) in [6.45, 7) is 0.745. The monoisotopic (exact) mass is 305 g/mol. The van der Waals surface area contributed by atoms with E-state index in [9.17, 15) is 4.79 Å². The second-order valence-electron chi connectivity index (χ2n) is 4.69. The molecule has 5 heteroatoms. The molecule has 0 fully saturated rings. The lowest BCUT2D eigenvalue weighted by atomic mass is 9.95. The number of rotatable bonds is 8. The van der Waals surface area contributed by atoms with E-state index in [2.05, 4.69) is 16.8 Å². The van der Waals surface area contributed by atoms with E-state index in [-0.39, 0.29) is 18.4 Å². The molecule has 0 unspecified atom stereocenters. The molecule has 4 nitrogen and oxygen atoms in total. The molecule has 0 aliphatic heterocycles. The zero-order valence-corrected chi connectivity index (χ0v) is 12.5. The Morgan fingerprint density at radius 3 is 3.00 bits per heavy atom. The molecule has 0 aromatic carbocycles. The Labute approximate surface area is 128 Å². The number of furan rings is 1. The molecule has 0 saturated heterocycles. The number of aliphatic hydroxyl groups is 1. The molecule has 2 heterocycles. The fraction of sp³-hybridized carbons (Fsp3) is 0.312. The van der Waals surface area contributed by atoms with Gasteiger partial charge in [-0.2, -0.15) is 11.3 Å². The number of carbonyl (C=O) groups is 1. The van der Waals surface area contributed by atoms with Crippen LogP contribution in [0.2, 0.25) is 0 Å². The van der Waals surface area contributed by atoms with Crippen molar-refractivity contribution in [2.45, 2.75) is 18.8 Å². The summed E-state index contributed by atoms with van der Waals surface area (Å²) in [6.07, 6.45) is 6.20. The van der Waals surface area contributed by atoms with Crippen LogP contribution in [0.4, 0.5) is 0 Å². The maximum Gasteiger partial charge on any atom is 0.244 e. The molecule has 0 spiro atoms. The van der Waals surface area contributed by atoms with Gasteiger partial charge in [0.05, 0.1) is 6.26 Å². The zero-order chi connectivity index (χ0) is 14.9. The number of nitrogens with one attached hydrogen (secondary N) is 1. The Bertz CT molecular complexity index is 546. The molecular formula is C16H19NO3S. The average molecular weight is 305 g/mol. The first-order valence-corrected chi connectivity index (χ1v) is 7.86. The van der Waals surface area contributed by atoms with Crippen molar-refractivity contribution in [3.05, 3.63) is 52.6 Å². The van der Waals surface area contributed by atoms with Crippen molar-refractivity contribution in [1.29, 1.82) is 0 Å². The quantitative estimate of drug-likeness (QED) is 0.737. The molecule has 112 valence electrons. The highest BCUT2D eigenvalue weighted by Crippen LogP contribution is 2.24. The molecule has 0 radical (unpaired) electrons. The number of hydrogen-bond donors (Lipinski definition) is 2. The Hall–Kier alpha value is -1.85. The van der Waals surface area contributed by atoms with E-state index < -0.39 is 0 Å². The summed E-state index contributed by atoms with van der Waals surface area (Å²) in [4.78, 5) is 11.7. The Balaban J connectivity index is 1.75. The standard InChI is InChI=1S/C16H19NO3S/c18-9-6-13(14-7-11-21-12-14)5-8-17-16(19)4-3-15-2-1-10-20-15/h1-4,7,10-13,18H,5-6,8-9H2,(H,17,19)/b4-3+/t13-/m0/s1. The zero-order valence-electron chi connectivity index (χ0n) is 11.7. The van der Waals surface area contributed by atoms with Gasteiger partial charge in [-0.05, 0) is 59.4 Å². The second-order valence-corrected chi connectivity index (χ2v) is 5.47. The third-order valence-electron chi connectivity index (χ3n) is 3.23. The summed E-state index contributed by atoms with van der Waals surface area (Å²) >= 11 is 1.65. The second kappa shape index (κ2) is 8.44. The van der Waals surface area contributed by atoms with Crippen LogP contribution in [0.3, 0.4) is 0 Å². The van der Waals surface area contributed by atoms with Gasteiger partial charge >= 0.3 is 0 Å². The summed E-state index contributed by atoms with van der Waals surface area (Å²) in [6, 6.07) is 5.64. The first-order chi connectivity index (χ1) is 10.3. The van der Waals surface area contributed by atoms with Crippen molar-refractivity contribution >= 4 is 23.3 Å². The minimum atomic E-state index is -0.139. The van der Waals surface area contributed by atoms with Crippen molar-refractivity contribution in [3.8, 4) is 0 Å². The van der Waals surface area contributed by atoms with Crippen molar-refractivity contribution in [2.75, 3.05) is 13.2 Å². The van der Waals surface area contributed by atoms with Crippen molar-refractivity contribution < 1.29 is 14.3 Å². The van der Waals surface area contributed by atoms with Crippen LogP contribution in [0.1, 0.15) is 30.1 Å². The molecular weight excluding hydrogens is 286 g/mol. The van der Waals surface area contributed by atoms with Crippen molar-refractivity contribution in [1.82, 2.24) is 5.32 Å². The van der Waals surface area contributed by atoms with Gasteiger partial charge in [-0.1, -0.05) is 0 Å². The average Bonchev–Trinajstić information content (AvgIpc) is 3.17. The molecule has 21 heavy (non-hydrogen) atoms. The van der Waals surface area contributed by atoms with Gasteiger partial charge in [0.2, 0.25) is 5.91 Å². The molecule has 0 saturated carbocycles. The first kappa shape index (κ1) is 15.5. The summed E-state index contributed by atoms with van der Waals surface area (Å²) in [5.74, 6) is 0.802. The fourth-order valence-electron chi connectivity index (χ4n) is 2.11. The maximum atomic E-state index is 11.7. The molecule has 2 rings (SSSR count). The van der Waals surface area contributed by atoms with E-state index in [1.807, 2.05) is 5.38 Å². The Morgan fingerprint density at radius 2 is 2.33 bits per heavy atom. The Morgan fingerprint density at radius 1 is 1.43 bits per heavy atom. The van der Waals surface area contributed by atoms with Gasteiger partial charge < -0.3 is 14.8 Å². The van der Waals surface area contributed by atoms with Crippen LogP contribution in [0.15, 0.2) is 45.7 Å². The molecule has 0 aliphatic rings.